The number of rotatable bonds is 7. The molecule has 1 aliphatic carbocycles. The summed E-state index contributed by atoms with van der Waals surface area (Å²) in [5.41, 5.74) is 15.9. The van der Waals surface area contributed by atoms with Crippen molar-refractivity contribution in [3.8, 4) is 0 Å². The van der Waals surface area contributed by atoms with Crippen LogP contribution < -0.4 is 16.4 Å². The van der Waals surface area contributed by atoms with Gasteiger partial charge in [-0.25, -0.2) is 4.98 Å². The van der Waals surface area contributed by atoms with Gasteiger partial charge in [-0.05, 0) is 77.2 Å². The molecule has 6 nitrogen and oxygen atoms in total. The van der Waals surface area contributed by atoms with E-state index in [1.807, 2.05) is 13.0 Å². The molecular weight excluding hydrogens is 410 g/mol. The lowest BCUT2D eigenvalue weighted by Crippen LogP contribution is -2.38. The van der Waals surface area contributed by atoms with E-state index in [4.69, 9.17) is 16.5 Å². The van der Waals surface area contributed by atoms with Gasteiger partial charge in [0, 0.05) is 36.0 Å². The average molecular weight is 452 g/mol. The highest BCUT2D eigenvalue weighted by molar-refractivity contribution is 6.09. The first-order valence-electron chi connectivity index (χ1n) is 12.7. The number of benzene rings is 1. The third kappa shape index (κ3) is 4.73. The monoisotopic (exact) mass is 451 g/mol. The van der Waals surface area contributed by atoms with Gasteiger partial charge in [-0.15, -0.1) is 0 Å². The molecular formula is C27H41N5O. The van der Waals surface area contributed by atoms with Crippen LogP contribution >= 0.6 is 0 Å². The number of hydrogen-bond acceptors (Lipinski definition) is 5. The van der Waals surface area contributed by atoms with Crippen LogP contribution in [0.5, 0.6) is 0 Å². The van der Waals surface area contributed by atoms with Crippen LogP contribution in [0.3, 0.4) is 0 Å². The van der Waals surface area contributed by atoms with Crippen molar-refractivity contribution in [2.24, 2.45) is 17.4 Å². The van der Waals surface area contributed by atoms with Gasteiger partial charge in [0.1, 0.15) is 5.82 Å². The zero-order valence-electron chi connectivity index (χ0n) is 20.7. The van der Waals surface area contributed by atoms with Crippen molar-refractivity contribution in [3.05, 3.63) is 34.9 Å². The lowest BCUT2D eigenvalue weighted by molar-refractivity contribution is 0.100. The number of pyridine rings is 1. The number of nitrogens with two attached hydrogens (primary N) is 2. The van der Waals surface area contributed by atoms with E-state index in [-0.39, 0.29) is 11.3 Å². The van der Waals surface area contributed by atoms with Crippen LogP contribution in [0.4, 0.5) is 5.82 Å². The molecule has 2 aliphatic rings. The number of primary amides is 1. The number of carbonyl (C=O) groups is 1. The van der Waals surface area contributed by atoms with Crippen LogP contribution in [-0.2, 0) is 5.41 Å². The van der Waals surface area contributed by atoms with Crippen molar-refractivity contribution in [1.82, 2.24) is 9.88 Å². The molecule has 1 aromatic heterocycles. The van der Waals surface area contributed by atoms with Gasteiger partial charge in [0.15, 0.2) is 0 Å². The number of anilines is 1. The summed E-state index contributed by atoms with van der Waals surface area (Å²) in [5.74, 6) is 1.31. The highest BCUT2D eigenvalue weighted by atomic mass is 16.1. The minimum absolute atomic E-state index is 0.0949. The molecule has 0 atom stereocenters. The molecule has 1 amide bonds. The zero-order valence-corrected chi connectivity index (χ0v) is 20.7. The van der Waals surface area contributed by atoms with Gasteiger partial charge in [-0.3, -0.25) is 4.79 Å². The Morgan fingerprint density at radius 1 is 1.18 bits per heavy atom. The third-order valence-corrected chi connectivity index (χ3v) is 8.15. The van der Waals surface area contributed by atoms with Crippen LogP contribution in [0, 0.1) is 12.8 Å². The summed E-state index contributed by atoms with van der Waals surface area (Å²) in [7, 11) is 4.28. The van der Waals surface area contributed by atoms with E-state index >= 15 is 0 Å². The van der Waals surface area contributed by atoms with E-state index in [1.165, 1.54) is 31.2 Å². The molecule has 180 valence electrons. The summed E-state index contributed by atoms with van der Waals surface area (Å²) in [6.45, 7) is 5.69. The van der Waals surface area contributed by atoms with E-state index in [0.29, 0.717) is 12.1 Å². The maximum absolute atomic E-state index is 12.8. The smallest absolute Gasteiger partial charge is 0.249 e. The summed E-state index contributed by atoms with van der Waals surface area (Å²) < 4.78 is 0. The maximum atomic E-state index is 12.8. The van der Waals surface area contributed by atoms with Crippen LogP contribution in [0.2, 0.25) is 0 Å². The second-order valence-electron chi connectivity index (χ2n) is 10.6. The fraction of sp³-hybridized carbons (Fsp3) is 0.630. The minimum Gasteiger partial charge on any atom is -0.366 e. The van der Waals surface area contributed by atoms with Gasteiger partial charge in [-0.2, -0.15) is 0 Å². The van der Waals surface area contributed by atoms with E-state index < -0.39 is 0 Å². The van der Waals surface area contributed by atoms with Gasteiger partial charge in [0.25, 0.3) is 0 Å². The van der Waals surface area contributed by atoms with E-state index in [0.717, 1.165) is 73.5 Å². The fourth-order valence-electron chi connectivity index (χ4n) is 6.14. The van der Waals surface area contributed by atoms with Gasteiger partial charge >= 0.3 is 0 Å². The molecule has 1 saturated heterocycles. The van der Waals surface area contributed by atoms with Crippen molar-refractivity contribution in [2.45, 2.75) is 63.7 Å². The molecule has 1 aliphatic heterocycles. The lowest BCUT2D eigenvalue weighted by Gasteiger charge is -2.38. The first kappa shape index (κ1) is 24.0. The van der Waals surface area contributed by atoms with Gasteiger partial charge in [0.2, 0.25) is 5.91 Å². The summed E-state index contributed by atoms with van der Waals surface area (Å²) in [4.78, 5) is 22.6. The Labute approximate surface area is 198 Å². The molecule has 2 aromatic rings. The normalized spacial score (nSPS) is 19.4. The standard InChI is InChI=1S/C27H41N5O/c1-19-23(25(29)33)24-21(27(18-28)13-5-4-6-14-27)8-7-9-22(24)30-26(19)32-16-11-20(12-17-32)10-15-31(2)3/h7-9,20H,4-6,10-18,28H2,1-3H3,(H2,29,33). The molecule has 1 saturated carbocycles. The molecule has 33 heavy (non-hydrogen) atoms. The van der Waals surface area contributed by atoms with Crippen LogP contribution in [0.15, 0.2) is 18.2 Å². The largest absolute Gasteiger partial charge is 0.366 e. The number of piperidine rings is 1. The van der Waals surface area contributed by atoms with Gasteiger partial charge in [-0.1, -0.05) is 31.4 Å². The quantitative estimate of drug-likeness (QED) is 0.665. The van der Waals surface area contributed by atoms with Crippen molar-refractivity contribution in [1.29, 1.82) is 0 Å². The molecule has 0 radical (unpaired) electrons. The number of aromatic nitrogens is 1. The molecule has 0 unspecified atom stereocenters. The Kier molecular flexibility index (Phi) is 7.25. The van der Waals surface area contributed by atoms with E-state index in [2.05, 4.69) is 36.0 Å². The van der Waals surface area contributed by atoms with Crippen LogP contribution in [0.1, 0.15) is 72.9 Å². The number of carbonyl (C=O) groups excluding carboxylic acids is 1. The van der Waals surface area contributed by atoms with Gasteiger partial charge < -0.3 is 21.3 Å². The maximum Gasteiger partial charge on any atom is 0.249 e. The number of nitrogens with zero attached hydrogens (tertiary/aromatic N) is 3. The predicted molar refractivity (Wildman–Crippen MR) is 137 cm³/mol. The van der Waals surface area contributed by atoms with Crippen molar-refractivity contribution in [2.75, 3.05) is 45.2 Å². The predicted octanol–water partition coefficient (Wildman–Crippen LogP) is 3.97. The molecule has 2 fully saturated rings. The highest BCUT2D eigenvalue weighted by Gasteiger charge is 2.36. The molecule has 2 heterocycles. The third-order valence-electron chi connectivity index (χ3n) is 8.15. The highest BCUT2D eigenvalue weighted by Crippen LogP contribution is 2.43. The number of amides is 1. The van der Waals surface area contributed by atoms with Crippen LogP contribution in [-0.4, -0.2) is 56.1 Å². The van der Waals surface area contributed by atoms with E-state index in [9.17, 15) is 4.79 Å². The Hall–Kier alpha value is -2.18. The molecule has 0 bridgehead atoms. The van der Waals surface area contributed by atoms with Crippen molar-refractivity contribution < 1.29 is 4.79 Å². The first-order chi connectivity index (χ1) is 15.9. The number of hydrogen-bond donors (Lipinski definition) is 2. The van der Waals surface area contributed by atoms with Crippen LogP contribution in [0.25, 0.3) is 10.9 Å². The van der Waals surface area contributed by atoms with Crippen molar-refractivity contribution in [3.63, 3.8) is 0 Å². The van der Waals surface area contributed by atoms with Crippen molar-refractivity contribution >= 4 is 22.6 Å². The SMILES string of the molecule is Cc1c(N2CCC(CCN(C)C)CC2)nc2cccc(C3(CN)CCCCC3)c2c1C(N)=O. The first-order valence-corrected chi connectivity index (χ1v) is 12.7. The number of fused-ring (bicyclic) bond motifs is 1. The zero-order chi connectivity index (χ0) is 23.6. The molecule has 1 aromatic carbocycles. The summed E-state index contributed by atoms with van der Waals surface area (Å²) in [6, 6.07) is 6.27. The fourth-order valence-corrected chi connectivity index (χ4v) is 6.14. The summed E-state index contributed by atoms with van der Waals surface area (Å²) in [5, 5.41) is 0.930. The molecule has 6 heteroatoms. The Bertz CT molecular complexity index is 988. The summed E-state index contributed by atoms with van der Waals surface area (Å²) in [6.07, 6.45) is 9.28. The lowest BCUT2D eigenvalue weighted by atomic mass is 9.68. The molecule has 0 spiro atoms. The van der Waals surface area contributed by atoms with Gasteiger partial charge in [0.05, 0.1) is 11.1 Å². The summed E-state index contributed by atoms with van der Waals surface area (Å²) >= 11 is 0. The minimum atomic E-state index is -0.363. The molecule has 4 N–H and O–H groups in total. The molecule has 4 rings (SSSR count). The Morgan fingerprint density at radius 3 is 2.48 bits per heavy atom. The topological polar surface area (TPSA) is 88.5 Å². The Balaban J connectivity index is 1.73. The Morgan fingerprint density at radius 2 is 1.88 bits per heavy atom. The second-order valence-corrected chi connectivity index (χ2v) is 10.6. The average Bonchev–Trinajstić information content (AvgIpc) is 2.82. The second kappa shape index (κ2) is 9.98. The van der Waals surface area contributed by atoms with E-state index in [1.54, 1.807) is 0 Å².